The van der Waals surface area contributed by atoms with Gasteiger partial charge in [0.15, 0.2) is 0 Å². The van der Waals surface area contributed by atoms with Gasteiger partial charge in [0, 0.05) is 22.4 Å². The van der Waals surface area contributed by atoms with E-state index in [1.54, 1.807) is 18.5 Å². The molecule has 1 heterocycles. The number of methoxy groups -OCH3 is 2. The second-order valence-corrected chi connectivity index (χ2v) is 3.54. The van der Waals surface area contributed by atoms with Crippen molar-refractivity contribution < 1.29 is 14.3 Å². The molecule has 1 aromatic rings. The lowest BCUT2D eigenvalue weighted by Gasteiger charge is -2.05. The molecule has 0 unspecified atom stereocenters. The first-order valence-corrected chi connectivity index (χ1v) is 4.91. The number of rotatable bonds is 3. The van der Waals surface area contributed by atoms with Gasteiger partial charge in [0.1, 0.15) is 5.76 Å². The minimum atomic E-state index is -0.466. The summed E-state index contributed by atoms with van der Waals surface area (Å²) in [6.45, 7) is 0. The van der Waals surface area contributed by atoms with Crippen molar-refractivity contribution in [2.45, 2.75) is 0 Å². The second-order valence-electron chi connectivity index (χ2n) is 2.63. The van der Waals surface area contributed by atoms with Crippen LogP contribution in [0, 0.1) is 0 Å². The van der Waals surface area contributed by atoms with Gasteiger partial charge in [0.25, 0.3) is 0 Å². The number of pyridine rings is 1. The molecular formula is C10H10BrNO3. The van der Waals surface area contributed by atoms with Gasteiger partial charge in [-0.2, -0.15) is 0 Å². The Hall–Kier alpha value is -1.36. The van der Waals surface area contributed by atoms with E-state index in [-0.39, 0.29) is 0 Å². The fourth-order valence-electron chi connectivity index (χ4n) is 0.973. The van der Waals surface area contributed by atoms with Crippen LogP contribution >= 0.6 is 15.9 Å². The van der Waals surface area contributed by atoms with Crippen LogP contribution in [0.3, 0.4) is 0 Å². The smallest absolute Gasteiger partial charge is 0.334 e. The lowest BCUT2D eigenvalue weighted by atomic mass is 10.2. The Balaban J connectivity index is 3.02. The fourth-order valence-corrected chi connectivity index (χ4v) is 1.34. The van der Waals surface area contributed by atoms with Crippen molar-refractivity contribution in [2.24, 2.45) is 0 Å². The minimum Gasteiger partial charge on any atom is -0.496 e. The van der Waals surface area contributed by atoms with Crippen LogP contribution in [0.15, 0.2) is 29.0 Å². The van der Waals surface area contributed by atoms with E-state index in [0.29, 0.717) is 11.3 Å². The van der Waals surface area contributed by atoms with Gasteiger partial charge in [-0.15, -0.1) is 0 Å². The number of esters is 1. The van der Waals surface area contributed by atoms with Crippen LogP contribution in [0.25, 0.3) is 5.76 Å². The zero-order valence-corrected chi connectivity index (χ0v) is 9.95. The maximum Gasteiger partial charge on any atom is 0.334 e. The van der Waals surface area contributed by atoms with Gasteiger partial charge in [-0.25, -0.2) is 4.79 Å². The normalized spacial score (nSPS) is 11.0. The molecule has 0 saturated heterocycles. The first-order valence-electron chi connectivity index (χ1n) is 4.12. The highest BCUT2D eigenvalue weighted by molar-refractivity contribution is 9.10. The summed E-state index contributed by atoms with van der Waals surface area (Å²) in [6, 6.07) is 1.80. The van der Waals surface area contributed by atoms with Crippen molar-refractivity contribution in [3.63, 3.8) is 0 Å². The third-order valence-electron chi connectivity index (χ3n) is 1.66. The first-order chi connectivity index (χ1) is 7.17. The molecule has 0 aliphatic rings. The van der Waals surface area contributed by atoms with E-state index >= 15 is 0 Å². The molecule has 0 fully saturated rings. The predicted octanol–water partition coefficient (Wildman–Crippen LogP) is 2.00. The maximum absolute atomic E-state index is 11.0. The third kappa shape index (κ3) is 3.36. The van der Waals surface area contributed by atoms with E-state index in [0.717, 1.165) is 4.47 Å². The molecule has 15 heavy (non-hydrogen) atoms. The number of aromatic nitrogens is 1. The van der Waals surface area contributed by atoms with Gasteiger partial charge < -0.3 is 9.47 Å². The van der Waals surface area contributed by atoms with Gasteiger partial charge in [0.05, 0.1) is 20.3 Å². The molecule has 5 heteroatoms. The highest BCUT2D eigenvalue weighted by Crippen LogP contribution is 2.18. The summed E-state index contributed by atoms with van der Waals surface area (Å²) in [4.78, 5) is 15.0. The molecule has 0 atom stereocenters. The minimum absolute atomic E-state index is 0.413. The van der Waals surface area contributed by atoms with E-state index in [4.69, 9.17) is 4.74 Å². The van der Waals surface area contributed by atoms with E-state index in [1.165, 1.54) is 20.3 Å². The Morgan fingerprint density at radius 3 is 2.67 bits per heavy atom. The molecule has 0 N–H and O–H groups in total. The average molecular weight is 272 g/mol. The Kier molecular flexibility index (Phi) is 4.30. The predicted molar refractivity (Wildman–Crippen MR) is 58.9 cm³/mol. The number of ether oxygens (including phenoxy) is 2. The summed E-state index contributed by atoms with van der Waals surface area (Å²) in [5, 5.41) is 0. The van der Waals surface area contributed by atoms with Crippen LogP contribution in [-0.2, 0) is 14.3 Å². The van der Waals surface area contributed by atoms with Crippen molar-refractivity contribution in [1.82, 2.24) is 4.98 Å². The van der Waals surface area contributed by atoms with Gasteiger partial charge in [-0.1, -0.05) is 0 Å². The lowest BCUT2D eigenvalue weighted by molar-refractivity contribution is -0.134. The monoisotopic (exact) mass is 271 g/mol. The molecule has 1 rings (SSSR count). The molecule has 80 valence electrons. The summed E-state index contributed by atoms with van der Waals surface area (Å²) >= 11 is 3.28. The maximum atomic E-state index is 11.0. The van der Waals surface area contributed by atoms with Crippen molar-refractivity contribution in [2.75, 3.05) is 14.2 Å². The van der Waals surface area contributed by atoms with E-state index in [2.05, 4.69) is 25.7 Å². The summed E-state index contributed by atoms with van der Waals surface area (Å²) in [5.74, 6) is -0.0533. The first kappa shape index (κ1) is 11.7. The Bertz CT molecular complexity index is 390. The largest absolute Gasteiger partial charge is 0.496 e. The number of carbonyl (C=O) groups excluding carboxylic acids is 1. The van der Waals surface area contributed by atoms with Crippen LogP contribution < -0.4 is 0 Å². The van der Waals surface area contributed by atoms with E-state index in [1.807, 2.05) is 0 Å². The summed E-state index contributed by atoms with van der Waals surface area (Å²) < 4.78 is 10.4. The number of hydrogen-bond acceptors (Lipinski definition) is 4. The molecule has 0 aromatic carbocycles. The van der Waals surface area contributed by atoms with Crippen LogP contribution in [0.2, 0.25) is 0 Å². The Morgan fingerprint density at radius 1 is 1.40 bits per heavy atom. The van der Waals surface area contributed by atoms with Crippen LogP contribution in [0.5, 0.6) is 0 Å². The van der Waals surface area contributed by atoms with Gasteiger partial charge in [0.2, 0.25) is 0 Å². The third-order valence-corrected chi connectivity index (χ3v) is 2.09. The SMILES string of the molecule is COC(=O)C=C(OC)c1cncc(Br)c1. The number of carbonyl (C=O) groups is 1. The summed E-state index contributed by atoms with van der Waals surface area (Å²) in [5.41, 5.74) is 0.706. The Labute approximate surface area is 96.0 Å². The fraction of sp³-hybridized carbons (Fsp3) is 0.200. The highest BCUT2D eigenvalue weighted by Gasteiger charge is 2.05. The molecule has 0 aliphatic carbocycles. The topological polar surface area (TPSA) is 48.4 Å². The van der Waals surface area contributed by atoms with Crippen molar-refractivity contribution >= 4 is 27.7 Å². The molecule has 1 aromatic heterocycles. The highest BCUT2D eigenvalue weighted by atomic mass is 79.9. The van der Waals surface area contributed by atoms with E-state index in [9.17, 15) is 4.79 Å². The van der Waals surface area contributed by atoms with Crippen molar-refractivity contribution in [3.8, 4) is 0 Å². The van der Waals surface area contributed by atoms with Crippen LogP contribution in [0.1, 0.15) is 5.56 Å². The summed E-state index contributed by atoms with van der Waals surface area (Å²) in [6.07, 6.45) is 4.52. The summed E-state index contributed by atoms with van der Waals surface area (Å²) in [7, 11) is 2.79. The molecule has 0 spiro atoms. The van der Waals surface area contributed by atoms with Gasteiger partial charge in [-0.05, 0) is 22.0 Å². The molecule has 0 aliphatic heterocycles. The van der Waals surface area contributed by atoms with Crippen molar-refractivity contribution in [3.05, 3.63) is 34.6 Å². The number of hydrogen-bond donors (Lipinski definition) is 0. The molecule has 0 bridgehead atoms. The molecule has 4 nitrogen and oxygen atoms in total. The zero-order valence-electron chi connectivity index (χ0n) is 8.36. The standard InChI is InChI=1S/C10H10BrNO3/c1-14-9(4-10(13)15-2)7-3-8(11)6-12-5-7/h3-6H,1-2H3. The number of nitrogens with zero attached hydrogens (tertiary/aromatic N) is 1. The zero-order chi connectivity index (χ0) is 11.3. The van der Waals surface area contributed by atoms with E-state index < -0.39 is 5.97 Å². The van der Waals surface area contributed by atoms with Crippen LogP contribution in [-0.4, -0.2) is 25.2 Å². The van der Waals surface area contributed by atoms with Gasteiger partial charge >= 0.3 is 5.97 Å². The second kappa shape index (κ2) is 5.50. The van der Waals surface area contributed by atoms with Crippen molar-refractivity contribution in [1.29, 1.82) is 0 Å². The molecule has 0 amide bonds. The molecule has 0 saturated carbocycles. The molecular weight excluding hydrogens is 262 g/mol. The Morgan fingerprint density at radius 2 is 2.13 bits per heavy atom. The van der Waals surface area contributed by atoms with Gasteiger partial charge in [-0.3, -0.25) is 4.98 Å². The average Bonchev–Trinajstić information content (AvgIpc) is 2.25. The quantitative estimate of drug-likeness (QED) is 0.479. The number of halogens is 1. The lowest BCUT2D eigenvalue weighted by Crippen LogP contribution is -1.98. The molecule has 0 radical (unpaired) electrons. The van der Waals surface area contributed by atoms with Crippen LogP contribution in [0.4, 0.5) is 0 Å².